The molecule has 12 nitrogen and oxygen atoms in total. The molecule has 4 aromatic rings. The summed E-state index contributed by atoms with van der Waals surface area (Å²) >= 11 is 2.83. The summed E-state index contributed by atoms with van der Waals surface area (Å²) in [5, 5.41) is 25.7. The Hall–Kier alpha value is -4.30. The van der Waals surface area contributed by atoms with Gasteiger partial charge in [-0.1, -0.05) is 35.2 Å². The first-order valence-corrected chi connectivity index (χ1v) is 15.3. The lowest BCUT2D eigenvalue weighted by molar-refractivity contribution is -0.116. The van der Waals surface area contributed by atoms with E-state index >= 15 is 0 Å². The maximum atomic E-state index is 12.6. The lowest BCUT2D eigenvalue weighted by Crippen LogP contribution is -2.15. The first-order chi connectivity index (χ1) is 20.5. The monoisotopic (exact) mass is 600 g/mol. The topological polar surface area (TPSA) is 160 Å². The highest BCUT2D eigenvalue weighted by Gasteiger charge is 2.29. The molecular weight excluding hydrogens is 573 g/mol. The summed E-state index contributed by atoms with van der Waals surface area (Å²) in [6, 6.07) is 7.49. The third-order valence-electron chi connectivity index (χ3n) is 7.03. The van der Waals surface area contributed by atoms with E-state index in [9.17, 15) is 9.59 Å². The molecule has 14 heteroatoms. The summed E-state index contributed by atoms with van der Waals surface area (Å²) in [5.41, 5.74) is 4.31. The molecule has 1 aliphatic carbocycles. The van der Waals surface area contributed by atoms with Crippen LogP contribution in [0.2, 0.25) is 0 Å². The number of hydrogen-bond acceptors (Lipinski definition) is 12. The zero-order valence-corrected chi connectivity index (χ0v) is 24.5. The smallest absolute Gasteiger partial charge is 0.232 e. The standard InChI is InChI=1S/C28H28N10O2S2/c1-29-12-16-5-7-20(30-13-16)10-23(39)33-27-37-35-25(41-27)17-3-2-4-18(9-17)26-36-38-28(42-26)34-24(40)11-21-8-6-19(14-31-21)22-15-32-22/h5-8,12-14,17-18H,2-4,9-11,15H2,1H3,(H,33,37,39)(H,34,38,40)/b29-12+/t17-,18-/m0/s1. The highest BCUT2D eigenvalue weighted by molar-refractivity contribution is 7.15. The Morgan fingerprint density at radius 3 is 1.98 bits per heavy atom. The molecule has 2 atom stereocenters. The van der Waals surface area contributed by atoms with Gasteiger partial charge in [-0.3, -0.25) is 29.5 Å². The SMILES string of the molecule is C/N=C/c1ccc(CC(=O)Nc2nnc([C@H]3CCC[C@H](c4nnc(NC(=O)Cc5ccc(C6=NC6)cn5)s4)C3)s2)nc1. The van der Waals surface area contributed by atoms with Crippen LogP contribution in [0.5, 0.6) is 0 Å². The number of aromatic nitrogens is 6. The molecular formula is C28H28N10O2S2. The van der Waals surface area contributed by atoms with E-state index in [4.69, 9.17) is 0 Å². The van der Waals surface area contributed by atoms with Gasteiger partial charge in [0.15, 0.2) is 0 Å². The second-order valence-corrected chi connectivity index (χ2v) is 12.2. The average molecular weight is 601 g/mol. The highest BCUT2D eigenvalue weighted by atomic mass is 32.1. The maximum absolute atomic E-state index is 12.6. The minimum absolute atomic E-state index is 0.152. The molecule has 0 aromatic carbocycles. The fourth-order valence-corrected chi connectivity index (χ4v) is 6.70. The molecule has 214 valence electrons. The second kappa shape index (κ2) is 12.7. The van der Waals surface area contributed by atoms with Gasteiger partial charge < -0.3 is 10.6 Å². The van der Waals surface area contributed by atoms with E-state index < -0.39 is 0 Å². The lowest BCUT2D eigenvalue weighted by atomic mass is 9.82. The number of carbonyl (C=O) groups excluding carboxylic acids is 2. The number of carbonyl (C=O) groups is 2. The van der Waals surface area contributed by atoms with Gasteiger partial charge >= 0.3 is 0 Å². The van der Waals surface area contributed by atoms with Gasteiger partial charge in [0.25, 0.3) is 0 Å². The van der Waals surface area contributed by atoms with Gasteiger partial charge in [0, 0.05) is 60.0 Å². The van der Waals surface area contributed by atoms with Gasteiger partial charge in [-0.15, -0.1) is 20.4 Å². The second-order valence-electron chi connectivity index (χ2n) is 10.2. The molecule has 5 heterocycles. The first-order valence-electron chi connectivity index (χ1n) is 13.6. The van der Waals surface area contributed by atoms with Gasteiger partial charge in [-0.2, -0.15) is 0 Å². The Morgan fingerprint density at radius 1 is 0.881 bits per heavy atom. The summed E-state index contributed by atoms with van der Waals surface area (Å²) in [5.74, 6) is 0.0811. The highest BCUT2D eigenvalue weighted by Crippen LogP contribution is 2.43. The summed E-state index contributed by atoms with van der Waals surface area (Å²) in [4.78, 5) is 41.9. The van der Waals surface area contributed by atoms with E-state index in [-0.39, 0.29) is 36.5 Å². The van der Waals surface area contributed by atoms with Crippen molar-refractivity contribution in [1.82, 2.24) is 30.4 Å². The third-order valence-corrected chi connectivity index (χ3v) is 9.03. The van der Waals surface area contributed by atoms with Crippen molar-refractivity contribution in [3.8, 4) is 0 Å². The number of aliphatic imine (C=N–C) groups is 2. The first kappa shape index (κ1) is 27.8. The average Bonchev–Trinajstić information content (AvgIpc) is 3.57. The predicted molar refractivity (Wildman–Crippen MR) is 162 cm³/mol. The fourth-order valence-electron chi connectivity index (χ4n) is 4.88. The number of amides is 2. The van der Waals surface area contributed by atoms with Crippen molar-refractivity contribution in [3.05, 3.63) is 69.2 Å². The van der Waals surface area contributed by atoms with Crippen LogP contribution in [0.15, 0.2) is 46.6 Å². The van der Waals surface area contributed by atoms with E-state index in [2.05, 4.69) is 51.0 Å². The zero-order valence-electron chi connectivity index (χ0n) is 22.9. The van der Waals surface area contributed by atoms with Crippen LogP contribution < -0.4 is 10.6 Å². The van der Waals surface area contributed by atoms with Crippen LogP contribution in [0.4, 0.5) is 10.3 Å². The van der Waals surface area contributed by atoms with E-state index in [1.165, 1.54) is 22.7 Å². The minimum Gasteiger partial charge on any atom is -0.300 e. The molecule has 0 radical (unpaired) electrons. The van der Waals surface area contributed by atoms with Gasteiger partial charge in [-0.25, -0.2) is 0 Å². The predicted octanol–water partition coefficient (Wildman–Crippen LogP) is 3.83. The molecule has 1 saturated carbocycles. The molecule has 1 aliphatic heterocycles. The Bertz CT molecular complexity index is 1630. The molecule has 6 rings (SSSR count). The Labute approximate surface area is 249 Å². The number of hydrogen-bond donors (Lipinski definition) is 2. The van der Waals surface area contributed by atoms with E-state index in [0.717, 1.165) is 59.1 Å². The summed E-state index contributed by atoms with van der Waals surface area (Å²) in [7, 11) is 1.70. The number of nitrogens with one attached hydrogen (secondary N) is 2. The van der Waals surface area contributed by atoms with Crippen LogP contribution in [0.25, 0.3) is 0 Å². The molecule has 42 heavy (non-hydrogen) atoms. The summed E-state index contributed by atoms with van der Waals surface area (Å²) in [6.07, 6.45) is 9.36. The van der Waals surface area contributed by atoms with Crippen LogP contribution in [0.3, 0.4) is 0 Å². The van der Waals surface area contributed by atoms with Crippen molar-refractivity contribution in [2.24, 2.45) is 9.98 Å². The summed E-state index contributed by atoms with van der Waals surface area (Å²) in [6.45, 7) is 0.771. The quantitative estimate of drug-likeness (QED) is 0.260. The number of nitrogens with zero attached hydrogens (tertiary/aromatic N) is 8. The molecule has 2 amide bonds. The third kappa shape index (κ3) is 7.12. The van der Waals surface area contributed by atoms with E-state index in [1.54, 1.807) is 25.7 Å². The fraction of sp³-hybridized carbons (Fsp3) is 0.357. The van der Waals surface area contributed by atoms with Crippen LogP contribution in [0, 0.1) is 0 Å². The lowest BCUT2D eigenvalue weighted by Gasteiger charge is -2.25. The van der Waals surface area contributed by atoms with Gasteiger partial charge in [0.1, 0.15) is 10.0 Å². The van der Waals surface area contributed by atoms with E-state index in [1.807, 2.05) is 24.3 Å². The number of rotatable bonds is 10. The van der Waals surface area contributed by atoms with Crippen molar-refractivity contribution < 1.29 is 9.59 Å². The molecule has 0 spiro atoms. The minimum atomic E-state index is -0.187. The van der Waals surface area contributed by atoms with Gasteiger partial charge in [0.05, 0.1) is 25.1 Å². The maximum Gasteiger partial charge on any atom is 0.232 e. The van der Waals surface area contributed by atoms with Crippen molar-refractivity contribution in [3.63, 3.8) is 0 Å². The van der Waals surface area contributed by atoms with Crippen molar-refractivity contribution in [2.45, 2.75) is 50.4 Å². The molecule has 4 aromatic heterocycles. The van der Waals surface area contributed by atoms with Gasteiger partial charge in [-0.05, 0) is 37.5 Å². The molecule has 0 bridgehead atoms. The Balaban J connectivity index is 1.00. The molecule has 1 fully saturated rings. The normalized spacial score (nSPS) is 18.1. The Morgan fingerprint density at radius 2 is 1.48 bits per heavy atom. The van der Waals surface area contributed by atoms with Crippen molar-refractivity contribution in [1.29, 1.82) is 0 Å². The molecule has 0 saturated heterocycles. The Kier molecular flexibility index (Phi) is 8.42. The molecule has 2 N–H and O–H groups in total. The molecule has 0 unspecified atom stereocenters. The van der Waals surface area contributed by atoms with Crippen LogP contribution in [-0.2, 0) is 22.4 Å². The zero-order chi connectivity index (χ0) is 28.9. The molecule has 2 aliphatic rings. The van der Waals surface area contributed by atoms with Crippen LogP contribution in [0.1, 0.15) is 70.0 Å². The summed E-state index contributed by atoms with van der Waals surface area (Å²) < 4.78 is 0. The number of pyridine rings is 2. The largest absolute Gasteiger partial charge is 0.300 e. The number of anilines is 2. The van der Waals surface area contributed by atoms with E-state index in [0.29, 0.717) is 21.7 Å². The van der Waals surface area contributed by atoms with Crippen LogP contribution >= 0.6 is 22.7 Å². The van der Waals surface area contributed by atoms with Crippen molar-refractivity contribution >= 4 is 56.7 Å². The van der Waals surface area contributed by atoms with Crippen molar-refractivity contribution in [2.75, 3.05) is 24.2 Å². The van der Waals surface area contributed by atoms with Crippen LogP contribution in [-0.4, -0.2) is 67.7 Å². The van der Waals surface area contributed by atoms with Gasteiger partial charge in [0.2, 0.25) is 22.1 Å².